The number of rotatable bonds is 5. The predicted octanol–water partition coefficient (Wildman–Crippen LogP) is 3.78. The number of anilines is 2. The van der Waals surface area contributed by atoms with Crippen molar-refractivity contribution in [3.63, 3.8) is 0 Å². The second kappa shape index (κ2) is 9.51. The predicted molar refractivity (Wildman–Crippen MR) is 128 cm³/mol. The zero-order valence-electron chi connectivity index (χ0n) is 18.0. The van der Waals surface area contributed by atoms with E-state index in [1.807, 2.05) is 30.2 Å². The normalized spacial score (nSPS) is 14.0. The van der Waals surface area contributed by atoms with Gasteiger partial charge in [-0.15, -0.1) is 22.7 Å². The highest BCUT2D eigenvalue weighted by atomic mass is 35.5. The monoisotopic (exact) mass is 490 g/mol. The SMILES string of the molecule is CC(=O)N1CCN(c2cc(Cc3ncc(C(=O)Nc4c(C)csc4Cl)s3)nc(C)n2)CC1. The highest BCUT2D eigenvalue weighted by Crippen LogP contribution is 2.33. The van der Waals surface area contributed by atoms with Gasteiger partial charge in [0.25, 0.3) is 5.91 Å². The Labute approximate surface area is 199 Å². The van der Waals surface area contributed by atoms with Gasteiger partial charge in [0.05, 0.1) is 22.6 Å². The van der Waals surface area contributed by atoms with Gasteiger partial charge in [0.15, 0.2) is 0 Å². The molecule has 1 aliphatic rings. The molecule has 3 aromatic heterocycles. The molecule has 4 heterocycles. The van der Waals surface area contributed by atoms with Crippen LogP contribution < -0.4 is 10.2 Å². The maximum atomic E-state index is 12.6. The standard InChI is InChI=1S/C21H23ClN6O2S2/c1-12-11-31-20(22)19(12)26-21(30)16-10-23-18(32-16)9-15-8-17(25-13(2)24-15)28-6-4-27(5-7-28)14(3)29/h8,10-11H,4-7,9H2,1-3H3,(H,26,30). The first-order chi connectivity index (χ1) is 15.3. The number of aryl methyl sites for hydroxylation is 2. The molecule has 0 spiro atoms. The third-order valence-electron chi connectivity index (χ3n) is 5.20. The van der Waals surface area contributed by atoms with Crippen molar-refractivity contribution in [1.82, 2.24) is 19.9 Å². The first-order valence-corrected chi connectivity index (χ1v) is 12.2. The van der Waals surface area contributed by atoms with Gasteiger partial charge in [0.2, 0.25) is 5.91 Å². The molecule has 0 aliphatic carbocycles. The summed E-state index contributed by atoms with van der Waals surface area (Å²) in [4.78, 5) is 42.3. The zero-order valence-corrected chi connectivity index (χ0v) is 20.4. The molecule has 8 nitrogen and oxygen atoms in total. The molecule has 4 rings (SSSR count). The van der Waals surface area contributed by atoms with Gasteiger partial charge in [-0.05, 0) is 24.8 Å². The van der Waals surface area contributed by atoms with E-state index in [1.165, 1.54) is 22.7 Å². The number of halogens is 1. The lowest BCUT2D eigenvalue weighted by molar-refractivity contribution is -0.129. The largest absolute Gasteiger partial charge is 0.353 e. The van der Waals surface area contributed by atoms with Gasteiger partial charge in [-0.2, -0.15) is 0 Å². The molecule has 0 aromatic carbocycles. The molecule has 0 saturated carbocycles. The van der Waals surface area contributed by atoms with Gasteiger partial charge in [-0.1, -0.05) is 11.6 Å². The molecule has 11 heteroatoms. The first-order valence-electron chi connectivity index (χ1n) is 10.1. The Morgan fingerprint density at radius 3 is 2.59 bits per heavy atom. The number of piperazine rings is 1. The number of amides is 2. The van der Waals surface area contributed by atoms with Gasteiger partial charge in [0.1, 0.15) is 20.9 Å². The van der Waals surface area contributed by atoms with Gasteiger partial charge < -0.3 is 15.1 Å². The van der Waals surface area contributed by atoms with Crippen molar-refractivity contribution in [3.8, 4) is 0 Å². The molecule has 32 heavy (non-hydrogen) atoms. The second-order valence-electron chi connectivity index (χ2n) is 7.57. The number of hydrogen-bond donors (Lipinski definition) is 1. The number of carbonyl (C=O) groups excluding carboxylic acids is 2. The van der Waals surface area contributed by atoms with Gasteiger partial charge in [-0.25, -0.2) is 15.0 Å². The van der Waals surface area contributed by atoms with Crippen LogP contribution in [0.15, 0.2) is 17.6 Å². The molecular formula is C21H23ClN6O2S2. The lowest BCUT2D eigenvalue weighted by Gasteiger charge is -2.35. The van der Waals surface area contributed by atoms with Crippen LogP contribution in [0.25, 0.3) is 0 Å². The first kappa shape index (κ1) is 22.6. The van der Waals surface area contributed by atoms with E-state index in [4.69, 9.17) is 11.6 Å². The molecule has 0 radical (unpaired) electrons. The maximum Gasteiger partial charge on any atom is 0.267 e. The Bertz CT molecular complexity index is 1130. The Hall–Kier alpha value is -2.56. The summed E-state index contributed by atoms with van der Waals surface area (Å²) in [5, 5.41) is 5.58. The van der Waals surface area contributed by atoms with Crippen LogP contribution in [0, 0.1) is 13.8 Å². The van der Waals surface area contributed by atoms with Crippen molar-refractivity contribution in [1.29, 1.82) is 0 Å². The van der Waals surface area contributed by atoms with Crippen molar-refractivity contribution in [2.24, 2.45) is 0 Å². The Kier molecular flexibility index (Phi) is 6.73. The molecule has 0 bridgehead atoms. The highest BCUT2D eigenvalue weighted by molar-refractivity contribution is 7.15. The van der Waals surface area contributed by atoms with Crippen molar-refractivity contribution >= 4 is 57.6 Å². The molecule has 1 N–H and O–H groups in total. The van der Waals surface area contributed by atoms with E-state index in [1.54, 1.807) is 13.1 Å². The Balaban J connectivity index is 1.44. The molecule has 2 amide bonds. The lowest BCUT2D eigenvalue weighted by atomic mass is 10.2. The van der Waals surface area contributed by atoms with Crippen LogP contribution in [0.3, 0.4) is 0 Å². The van der Waals surface area contributed by atoms with Crippen LogP contribution in [-0.2, 0) is 11.2 Å². The summed E-state index contributed by atoms with van der Waals surface area (Å²) in [5.41, 5.74) is 2.43. The third-order valence-corrected chi connectivity index (χ3v) is 7.54. The van der Waals surface area contributed by atoms with Crippen LogP contribution >= 0.6 is 34.3 Å². The number of thiazole rings is 1. The lowest BCUT2D eigenvalue weighted by Crippen LogP contribution is -2.48. The molecule has 1 aliphatic heterocycles. The molecule has 168 valence electrons. The Morgan fingerprint density at radius 1 is 1.19 bits per heavy atom. The van der Waals surface area contributed by atoms with Crippen molar-refractivity contribution in [2.45, 2.75) is 27.2 Å². The van der Waals surface area contributed by atoms with Crippen LogP contribution in [0.4, 0.5) is 11.5 Å². The number of thiophene rings is 1. The minimum absolute atomic E-state index is 0.101. The quantitative estimate of drug-likeness (QED) is 0.585. The van der Waals surface area contributed by atoms with E-state index in [9.17, 15) is 9.59 Å². The fraction of sp³-hybridized carbons (Fsp3) is 0.381. The van der Waals surface area contributed by atoms with Crippen LogP contribution in [-0.4, -0.2) is 57.8 Å². The summed E-state index contributed by atoms with van der Waals surface area (Å²) in [5.74, 6) is 1.42. The van der Waals surface area contributed by atoms with Crippen molar-refractivity contribution in [3.05, 3.63) is 48.9 Å². The van der Waals surface area contributed by atoms with Crippen molar-refractivity contribution in [2.75, 3.05) is 36.4 Å². The van der Waals surface area contributed by atoms with Crippen LogP contribution in [0.1, 0.15) is 38.7 Å². The van der Waals surface area contributed by atoms with E-state index in [-0.39, 0.29) is 11.8 Å². The molecule has 1 saturated heterocycles. The number of nitrogens with one attached hydrogen (secondary N) is 1. The molecule has 3 aromatic rings. The van der Waals surface area contributed by atoms with Crippen LogP contribution in [0.5, 0.6) is 0 Å². The summed E-state index contributed by atoms with van der Waals surface area (Å²) in [7, 11) is 0. The van der Waals surface area contributed by atoms with Gasteiger partial charge in [0, 0.05) is 45.6 Å². The van der Waals surface area contributed by atoms with E-state index in [0.717, 1.165) is 35.2 Å². The fourth-order valence-corrected chi connectivity index (χ4v) is 5.39. The molecule has 0 atom stereocenters. The summed E-state index contributed by atoms with van der Waals surface area (Å²) in [6, 6.07) is 1.96. The highest BCUT2D eigenvalue weighted by Gasteiger charge is 2.21. The molecule has 0 unspecified atom stereocenters. The average molecular weight is 491 g/mol. The van der Waals surface area contributed by atoms with Gasteiger partial charge >= 0.3 is 0 Å². The third kappa shape index (κ3) is 5.08. The van der Waals surface area contributed by atoms with E-state index < -0.39 is 0 Å². The summed E-state index contributed by atoms with van der Waals surface area (Å²) >= 11 is 8.89. The summed E-state index contributed by atoms with van der Waals surface area (Å²) < 4.78 is 0.564. The zero-order chi connectivity index (χ0) is 22.8. The summed E-state index contributed by atoms with van der Waals surface area (Å²) in [6.07, 6.45) is 2.10. The minimum atomic E-state index is -0.222. The van der Waals surface area contributed by atoms with Crippen LogP contribution in [0.2, 0.25) is 4.34 Å². The minimum Gasteiger partial charge on any atom is -0.353 e. The number of carbonyl (C=O) groups is 2. The topological polar surface area (TPSA) is 91.3 Å². The van der Waals surface area contributed by atoms with Gasteiger partial charge in [-0.3, -0.25) is 9.59 Å². The summed E-state index contributed by atoms with van der Waals surface area (Å²) in [6.45, 7) is 8.22. The molecule has 1 fully saturated rings. The average Bonchev–Trinajstić information content (AvgIpc) is 3.35. The smallest absolute Gasteiger partial charge is 0.267 e. The van der Waals surface area contributed by atoms with E-state index in [2.05, 4.69) is 25.2 Å². The molecular weight excluding hydrogens is 468 g/mol. The number of nitrogens with zero attached hydrogens (tertiary/aromatic N) is 5. The van der Waals surface area contributed by atoms with E-state index in [0.29, 0.717) is 40.2 Å². The van der Waals surface area contributed by atoms with Crippen molar-refractivity contribution < 1.29 is 9.59 Å². The number of aromatic nitrogens is 3. The maximum absolute atomic E-state index is 12.6. The number of hydrogen-bond acceptors (Lipinski definition) is 8. The second-order valence-corrected chi connectivity index (χ2v) is 10.2. The fourth-order valence-electron chi connectivity index (χ4n) is 3.50. The Morgan fingerprint density at radius 2 is 1.94 bits per heavy atom. The van der Waals surface area contributed by atoms with E-state index >= 15 is 0 Å².